The number of likely N-dealkylation sites (tertiary alicyclic amines) is 1. The van der Waals surface area contributed by atoms with E-state index in [-0.39, 0.29) is 17.9 Å². The van der Waals surface area contributed by atoms with Gasteiger partial charge in [0.25, 0.3) is 5.91 Å². The van der Waals surface area contributed by atoms with Crippen molar-refractivity contribution in [2.24, 2.45) is 5.92 Å². The number of hydrogen-bond acceptors (Lipinski definition) is 3. The van der Waals surface area contributed by atoms with Gasteiger partial charge in [-0.1, -0.05) is 45.9 Å². The van der Waals surface area contributed by atoms with Gasteiger partial charge in [0.05, 0.1) is 0 Å². The van der Waals surface area contributed by atoms with Gasteiger partial charge in [0, 0.05) is 13.1 Å². The number of amides is 1. The molecule has 1 aromatic rings. The number of para-hydroxylation sites is 1. The fraction of sp³-hybridized carbons (Fsp3) is 0.650. The topological polar surface area (TPSA) is 41.6 Å². The van der Waals surface area contributed by atoms with Crippen molar-refractivity contribution >= 4 is 5.91 Å². The molecule has 0 bridgehead atoms. The third kappa shape index (κ3) is 5.23. The van der Waals surface area contributed by atoms with Gasteiger partial charge in [-0.2, -0.15) is 0 Å². The zero-order valence-electron chi connectivity index (χ0n) is 15.6. The largest absolute Gasteiger partial charge is 0.483 e. The molecular weight excluding hydrogens is 300 g/mol. The van der Waals surface area contributed by atoms with Gasteiger partial charge in [-0.15, -0.1) is 0 Å². The second-order valence-electron chi connectivity index (χ2n) is 7.67. The molecule has 0 aromatic heterocycles. The highest BCUT2D eigenvalue weighted by Gasteiger charge is 2.24. The van der Waals surface area contributed by atoms with Crippen LogP contribution in [-0.4, -0.2) is 43.6 Å². The Hall–Kier alpha value is -1.55. The Labute approximate surface area is 146 Å². The Morgan fingerprint density at radius 1 is 1.25 bits per heavy atom. The lowest BCUT2D eigenvalue weighted by molar-refractivity contribution is -0.134. The van der Waals surface area contributed by atoms with Crippen LogP contribution in [0, 0.1) is 5.92 Å². The molecule has 1 saturated heterocycles. The first-order chi connectivity index (χ1) is 11.4. The molecule has 0 aliphatic carbocycles. The molecular formula is C20H32N2O2. The first-order valence-corrected chi connectivity index (χ1v) is 9.12. The molecule has 1 aromatic carbocycles. The Bertz CT molecular complexity index is 529. The summed E-state index contributed by atoms with van der Waals surface area (Å²) in [7, 11) is 0. The smallest absolute Gasteiger partial charge is 0.260 e. The standard InChI is InChI=1S/C20H32N2O2/c1-5-21-14-16-10-12-22(13-11-16)19(23)15-24-18-9-7-6-8-17(18)20(2,3)4/h6-9,16,21H,5,10-15H2,1-4H3. The minimum absolute atomic E-state index is 0.00423. The Morgan fingerprint density at radius 2 is 1.92 bits per heavy atom. The average molecular weight is 332 g/mol. The molecule has 4 heteroatoms. The summed E-state index contributed by atoms with van der Waals surface area (Å²) in [6.07, 6.45) is 2.16. The van der Waals surface area contributed by atoms with Crippen LogP contribution in [0.25, 0.3) is 0 Å². The third-order valence-corrected chi connectivity index (χ3v) is 4.70. The molecule has 4 nitrogen and oxygen atoms in total. The fourth-order valence-electron chi connectivity index (χ4n) is 3.18. The maximum Gasteiger partial charge on any atom is 0.260 e. The number of rotatable bonds is 6. The molecule has 1 aliphatic rings. The summed E-state index contributed by atoms with van der Waals surface area (Å²) in [5, 5.41) is 3.40. The molecule has 1 amide bonds. The lowest BCUT2D eigenvalue weighted by Crippen LogP contribution is -2.42. The van der Waals surface area contributed by atoms with Gasteiger partial charge in [0.15, 0.2) is 6.61 Å². The molecule has 1 aliphatic heterocycles. The van der Waals surface area contributed by atoms with Crippen molar-refractivity contribution in [3.05, 3.63) is 29.8 Å². The number of benzene rings is 1. The molecule has 134 valence electrons. The number of carbonyl (C=O) groups is 1. The van der Waals surface area contributed by atoms with Crippen LogP contribution in [0.1, 0.15) is 46.1 Å². The van der Waals surface area contributed by atoms with Crippen LogP contribution in [0.4, 0.5) is 0 Å². The van der Waals surface area contributed by atoms with Gasteiger partial charge >= 0.3 is 0 Å². The summed E-state index contributed by atoms with van der Waals surface area (Å²) >= 11 is 0. The number of carbonyl (C=O) groups excluding carboxylic acids is 1. The van der Waals surface area contributed by atoms with E-state index >= 15 is 0 Å². The van der Waals surface area contributed by atoms with Crippen molar-refractivity contribution in [2.45, 2.75) is 46.0 Å². The zero-order chi connectivity index (χ0) is 17.6. The Morgan fingerprint density at radius 3 is 2.54 bits per heavy atom. The van der Waals surface area contributed by atoms with Crippen LogP contribution in [0.15, 0.2) is 24.3 Å². The van der Waals surface area contributed by atoms with Crippen molar-refractivity contribution in [1.82, 2.24) is 10.2 Å². The third-order valence-electron chi connectivity index (χ3n) is 4.70. The first kappa shape index (κ1) is 18.8. The van der Waals surface area contributed by atoms with E-state index < -0.39 is 0 Å². The molecule has 0 atom stereocenters. The van der Waals surface area contributed by atoms with Gasteiger partial charge in [-0.3, -0.25) is 4.79 Å². The highest BCUT2D eigenvalue weighted by molar-refractivity contribution is 5.77. The van der Waals surface area contributed by atoms with E-state index in [1.165, 1.54) is 0 Å². The average Bonchev–Trinajstić information content (AvgIpc) is 2.57. The zero-order valence-corrected chi connectivity index (χ0v) is 15.6. The summed E-state index contributed by atoms with van der Waals surface area (Å²) in [4.78, 5) is 14.4. The van der Waals surface area contributed by atoms with Crippen molar-refractivity contribution < 1.29 is 9.53 Å². The molecule has 2 rings (SSSR count). The maximum atomic E-state index is 12.4. The summed E-state index contributed by atoms with van der Waals surface area (Å²) < 4.78 is 5.87. The van der Waals surface area contributed by atoms with Crippen LogP contribution in [0.5, 0.6) is 5.75 Å². The number of nitrogens with zero attached hydrogens (tertiary/aromatic N) is 1. The second-order valence-corrected chi connectivity index (χ2v) is 7.67. The summed E-state index contributed by atoms with van der Waals surface area (Å²) in [6.45, 7) is 12.5. The predicted octanol–water partition coefficient (Wildman–Crippen LogP) is 3.21. The van der Waals surface area contributed by atoms with Gasteiger partial charge in [0.1, 0.15) is 5.75 Å². The quantitative estimate of drug-likeness (QED) is 0.870. The molecule has 0 radical (unpaired) electrons. The van der Waals surface area contributed by atoms with Crippen LogP contribution < -0.4 is 10.1 Å². The monoisotopic (exact) mass is 332 g/mol. The van der Waals surface area contributed by atoms with E-state index in [1.807, 2.05) is 23.1 Å². The molecule has 1 N–H and O–H groups in total. The number of hydrogen-bond donors (Lipinski definition) is 1. The lowest BCUT2D eigenvalue weighted by Gasteiger charge is -2.32. The van der Waals surface area contributed by atoms with Crippen LogP contribution in [0.3, 0.4) is 0 Å². The Kier molecular flexibility index (Phi) is 6.67. The molecule has 1 fully saturated rings. The minimum atomic E-state index is 0.00423. The summed E-state index contributed by atoms with van der Waals surface area (Å²) in [5.74, 6) is 1.61. The van der Waals surface area contributed by atoms with Crippen LogP contribution in [0.2, 0.25) is 0 Å². The van der Waals surface area contributed by atoms with E-state index in [0.717, 1.165) is 50.3 Å². The number of piperidine rings is 1. The van der Waals surface area contributed by atoms with Crippen LogP contribution in [-0.2, 0) is 10.2 Å². The number of nitrogens with one attached hydrogen (secondary N) is 1. The minimum Gasteiger partial charge on any atom is -0.483 e. The van der Waals surface area contributed by atoms with E-state index in [1.54, 1.807) is 0 Å². The van der Waals surface area contributed by atoms with Gasteiger partial charge < -0.3 is 15.0 Å². The van der Waals surface area contributed by atoms with Crippen molar-refractivity contribution in [3.63, 3.8) is 0 Å². The number of ether oxygens (including phenoxy) is 1. The molecule has 0 unspecified atom stereocenters. The second kappa shape index (κ2) is 8.52. The lowest BCUT2D eigenvalue weighted by atomic mass is 9.86. The maximum absolute atomic E-state index is 12.4. The molecule has 24 heavy (non-hydrogen) atoms. The van der Waals surface area contributed by atoms with Crippen molar-refractivity contribution in [2.75, 3.05) is 32.8 Å². The highest BCUT2D eigenvalue weighted by atomic mass is 16.5. The summed E-state index contributed by atoms with van der Waals surface area (Å²) in [6, 6.07) is 8.01. The van der Waals surface area contributed by atoms with Gasteiger partial charge in [-0.25, -0.2) is 0 Å². The van der Waals surface area contributed by atoms with Crippen LogP contribution >= 0.6 is 0 Å². The molecule has 0 saturated carbocycles. The van der Waals surface area contributed by atoms with E-state index in [0.29, 0.717) is 5.92 Å². The fourth-order valence-corrected chi connectivity index (χ4v) is 3.18. The molecule has 1 heterocycles. The predicted molar refractivity (Wildman–Crippen MR) is 98.5 cm³/mol. The SMILES string of the molecule is CCNCC1CCN(C(=O)COc2ccccc2C(C)(C)C)CC1. The van der Waals surface area contributed by atoms with Gasteiger partial charge in [-0.05, 0) is 48.9 Å². The normalized spacial score (nSPS) is 16.2. The van der Waals surface area contributed by atoms with Crippen molar-refractivity contribution in [3.8, 4) is 5.75 Å². The van der Waals surface area contributed by atoms with Gasteiger partial charge in [0.2, 0.25) is 0 Å². The van der Waals surface area contributed by atoms with E-state index in [2.05, 4.69) is 39.1 Å². The van der Waals surface area contributed by atoms with E-state index in [9.17, 15) is 4.79 Å². The highest BCUT2D eigenvalue weighted by Crippen LogP contribution is 2.31. The Balaban J connectivity index is 1.84. The van der Waals surface area contributed by atoms with E-state index in [4.69, 9.17) is 4.74 Å². The summed E-state index contributed by atoms with van der Waals surface area (Å²) in [5.41, 5.74) is 1.15. The van der Waals surface area contributed by atoms with Crippen molar-refractivity contribution in [1.29, 1.82) is 0 Å². The first-order valence-electron chi connectivity index (χ1n) is 9.12. The molecule has 0 spiro atoms.